The average molecular weight is 345 g/mol. The van der Waals surface area contributed by atoms with Gasteiger partial charge in [-0.1, -0.05) is 6.07 Å². The van der Waals surface area contributed by atoms with Gasteiger partial charge in [0.25, 0.3) is 0 Å². The molecule has 0 saturated carbocycles. The van der Waals surface area contributed by atoms with Crippen molar-refractivity contribution in [3.63, 3.8) is 0 Å². The number of thiophene rings is 1. The summed E-state index contributed by atoms with van der Waals surface area (Å²) in [5.41, 5.74) is 1.07. The fourth-order valence-electron chi connectivity index (χ4n) is 3.31. The highest BCUT2D eigenvalue weighted by molar-refractivity contribution is 7.09. The van der Waals surface area contributed by atoms with E-state index < -0.39 is 0 Å². The number of amides is 1. The molecule has 0 bridgehead atoms. The van der Waals surface area contributed by atoms with E-state index in [2.05, 4.69) is 11.4 Å². The van der Waals surface area contributed by atoms with E-state index in [0.717, 1.165) is 42.9 Å². The van der Waals surface area contributed by atoms with Crippen molar-refractivity contribution in [2.45, 2.75) is 31.7 Å². The first-order chi connectivity index (χ1) is 11.7. The molecule has 1 aliphatic rings. The quantitative estimate of drug-likeness (QED) is 0.792. The van der Waals surface area contributed by atoms with Gasteiger partial charge in [-0.3, -0.25) is 4.79 Å². The Morgan fingerprint density at radius 2 is 2.17 bits per heavy atom. The van der Waals surface area contributed by atoms with Crippen LogP contribution in [0.3, 0.4) is 0 Å². The molecule has 1 fully saturated rings. The number of aryl methyl sites for hydroxylation is 1. The first kappa shape index (κ1) is 16.8. The molecule has 0 N–H and O–H groups in total. The van der Waals surface area contributed by atoms with Crippen molar-refractivity contribution in [3.05, 3.63) is 46.2 Å². The lowest BCUT2D eigenvalue weighted by molar-refractivity contribution is -0.132. The van der Waals surface area contributed by atoms with E-state index in [-0.39, 0.29) is 11.9 Å². The highest BCUT2D eigenvalue weighted by atomic mass is 32.1. The van der Waals surface area contributed by atoms with Gasteiger partial charge in [0.15, 0.2) is 0 Å². The molecule has 3 rings (SSSR count). The van der Waals surface area contributed by atoms with Gasteiger partial charge in [-0.2, -0.15) is 0 Å². The van der Waals surface area contributed by atoms with Crippen LogP contribution in [0.1, 0.15) is 35.7 Å². The van der Waals surface area contributed by atoms with E-state index in [4.69, 9.17) is 9.47 Å². The molecule has 0 spiro atoms. The Morgan fingerprint density at radius 1 is 1.29 bits per heavy atom. The van der Waals surface area contributed by atoms with E-state index >= 15 is 0 Å². The molecule has 0 aliphatic carbocycles. The lowest BCUT2D eigenvalue weighted by Crippen LogP contribution is -2.30. The minimum atomic E-state index is 0.0988. The summed E-state index contributed by atoms with van der Waals surface area (Å²) >= 11 is 1.71. The van der Waals surface area contributed by atoms with E-state index in [0.29, 0.717) is 6.42 Å². The molecular formula is C19H23NO3S. The van der Waals surface area contributed by atoms with E-state index in [9.17, 15) is 4.79 Å². The molecule has 128 valence electrons. The summed E-state index contributed by atoms with van der Waals surface area (Å²) in [4.78, 5) is 16.0. The van der Waals surface area contributed by atoms with Gasteiger partial charge in [0.2, 0.25) is 5.91 Å². The molecule has 1 aliphatic heterocycles. The van der Waals surface area contributed by atoms with E-state index in [1.54, 1.807) is 25.6 Å². The summed E-state index contributed by atoms with van der Waals surface area (Å²) in [6.07, 6.45) is 3.40. The molecule has 0 radical (unpaired) electrons. The van der Waals surface area contributed by atoms with Crippen LogP contribution in [0.25, 0.3) is 0 Å². The van der Waals surface area contributed by atoms with Crippen LogP contribution < -0.4 is 9.47 Å². The third-order valence-electron chi connectivity index (χ3n) is 4.54. The zero-order valence-electron chi connectivity index (χ0n) is 14.2. The maximum absolute atomic E-state index is 12.7. The smallest absolute Gasteiger partial charge is 0.223 e. The lowest BCUT2D eigenvalue weighted by atomic mass is 10.0. The fraction of sp³-hybridized carbons (Fsp3) is 0.421. The topological polar surface area (TPSA) is 38.8 Å². The number of hydrogen-bond acceptors (Lipinski definition) is 4. The summed E-state index contributed by atoms with van der Waals surface area (Å²) in [7, 11) is 3.31. The summed E-state index contributed by atoms with van der Waals surface area (Å²) < 4.78 is 10.8. The maximum Gasteiger partial charge on any atom is 0.223 e. The molecule has 4 nitrogen and oxygen atoms in total. The molecule has 5 heteroatoms. The minimum Gasteiger partial charge on any atom is -0.497 e. The number of rotatable bonds is 6. The lowest BCUT2D eigenvalue weighted by Gasteiger charge is -2.26. The number of benzene rings is 1. The molecule has 2 heterocycles. The number of hydrogen-bond donors (Lipinski definition) is 0. The number of carbonyl (C=O) groups excluding carboxylic acids is 1. The van der Waals surface area contributed by atoms with Gasteiger partial charge in [0, 0.05) is 29.5 Å². The molecule has 1 amide bonds. The van der Waals surface area contributed by atoms with Crippen molar-refractivity contribution in [3.8, 4) is 11.5 Å². The van der Waals surface area contributed by atoms with Gasteiger partial charge < -0.3 is 14.4 Å². The third kappa shape index (κ3) is 3.56. The van der Waals surface area contributed by atoms with E-state index in [1.165, 1.54) is 4.88 Å². The van der Waals surface area contributed by atoms with Crippen LogP contribution >= 0.6 is 11.3 Å². The van der Waals surface area contributed by atoms with Crippen molar-refractivity contribution in [1.29, 1.82) is 0 Å². The second-order valence-corrected chi connectivity index (χ2v) is 6.96. The van der Waals surface area contributed by atoms with Crippen molar-refractivity contribution < 1.29 is 14.3 Å². The summed E-state index contributed by atoms with van der Waals surface area (Å²) in [6.45, 7) is 0.823. The molecule has 1 atom stereocenters. The molecule has 2 aromatic rings. The Morgan fingerprint density at radius 3 is 2.88 bits per heavy atom. The van der Waals surface area contributed by atoms with Crippen LogP contribution in [-0.2, 0) is 11.2 Å². The Bertz CT molecular complexity index is 684. The second kappa shape index (κ2) is 7.71. The Balaban J connectivity index is 1.74. The van der Waals surface area contributed by atoms with Crippen molar-refractivity contribution in [2.75, 3.05) is 20.8 Å². The normalized spacial score (nSPS) is 17.1. The van der Waals surface area contributed by atoms with Crippen LogP contribution in [-0.4, -0.2) is 31.6 Å². The highest BCUT2D eigenvalue weighted by Crippen LogP contribution is 2.39. The van der Waals surface area contributed by atoms with Crippen LogP contribution in [0.5, 0.6) is 11.5 Å². The number of nitrogens with zero attached hydrogens (tertiary/aromatic N) is 1. The molecule has 24 heavy (non-hydrogen) atoms. The number of ether oxygens (including phenoxy) is 2. The zero-order valence-corrected chi connectivity index (χ0v) is 15.0. The monoisotopic (exact) mass is 345 g/mol. The molecular weight excluding hydrogens is 322 g/mol. The highest BCUT2D eigenvalue weighted by Gasteiger charge is 2.31. The van der Waals surface area contributed by atoms with Gasteiger partial charge in [-0.15, -0.1) is 11.3 Å². The van der Waals surface area contributed by atoms with Gasteiger partial charge in [-0.05, 0) is 42.8 Å². The van der Waals surface area contributed by atoms with Gasteiger partial charge >= 0.3 is 0 Å². The van der Waals surface area contributed by atoms with Crippen LogP contribution in [0.15, 0.2) is 35.7 Å². The number of carbonyl (C=O) groups is 1. The number of methoxy groups -OCH3 is 2. The molecule has 1 aromatic carbocycles. The minimum absolute atomic E-state index is 0.0988. The summed E-state index contributed by atoms with van der Waals surface area (Å²) in [5.74, 6) is 1.78. The second-order valence-electron chi connectivity index (χ2n) is 5.93. The molecule has 1 aromatic heterocycles. The first-order valence-corrected chi connectivity index (χ1v) is 9.14. The summed E-state index contributed by atoms with van der Waals surface area (Å²) in [6, 6.07) is 10.1. The van der Waals surface area contributed by atoms with E-state index in [1.807, 2.05) is 29.2 Å². The van der Waals surface area contributed by atoms with Gasteiger partial charge in [0.05, 0.1) is 20.3 Å². The molecule has 1 unspecified atom stereocenters. The van der Waals surface area contributed by atoms with Gasteiger partial charge in [-0.25, -0.2) is 0 Å². The average Bonchev–Trinajstić information content (AvgIpc) is 3.30. The fourth-order valence-corrected chi connectivity index (χ4v) is 4.02. The maximum atomic E-state index is 12.7. The Hall–Kier alpha value is -2.01. The van der Waals surface area contributed by atoms with Crippen molar-refractivity contribution >= 4 is 17.2 Å². The largest absolute Gasteiger partial charge is 0.497 e. The summed E-state index contributed by atoms with van der Waals surface area (Å²) in [5, 5.41) is 2.06. The zero-order chi connectivity index (χ0) is 16.9. The van der Waals surface area contributed by atoms with Gasteiger partial charge in [0.1, 0.15) is 11.5 Å². The standard InChI is InChI=1S/C19H23NO3S/c1-22-14-7-9-16(18(13-14)23-2)17-6-3-11-20(17)19(21)10-8-15-5-4-12-24-15/h4-5,7,9,12-13,17H,3,6,8,10-11H2,1-2H3. The van der Waals surface area contributed by atoms with Crippen molar-refractivity contribution in [1.82, 2.24) is 4.90 Å². The van der Waals surface area contributed by atoms with Crippen LogP contribution in [0, 0.1) is 0 Å². The Kier molecular flexibility index (Phi) is 5.41. The predicted molar refractivity (Wildman–Crippen MR) is 95.9 cm³/mol. The molecule has 1 saturated heterocycles. The van der Waals surface area contributed by atoms with Crippen LogP contribution in [0.2, 0.25) is 0 Å². The van der Waals surface area contributed by atoms with Crippen molar-refractivity contribution in [2.24, 2.45) is 0 Å². The Labute approximate surface area is 147 Å². The first-order valence-electron chi connectivity index (χ1n) is 8.26. The third-order valence-corrected chi connectivity index (χ3v) is 5.47. The number of likely N-dealkylation sites (tertiary alicyclic amines) is 1. The SMILES string of the molecule is COc1ccc(C2CCCN2C(=O)CCc2cccs2)c(OC)c1. The predicted octanol–water partition coefficient (Wildman–Crippen LogP) is 4.06. The van der Waals surface area contributed by atoms with Crippen LogP contribution in [0.4, 0.5) is 0 Å².